The smallest absolute Gasteiger partial charge is 0.250 e. The van der Waals surface area contributed by atoms with Gasteiger partial charge in [-0.15, -0.1) is 24.8 Å². The van der Waals surface area contributed by atoms with Crippen molar-refractivity contribution in [3.05, 3.63) is 101 Å². The van der Waals surface area contributed by atoms with Crippen molar-refractivity contribution in [2.75, 3.05) is 43.3 Å². The Bertz CT molecular complexity index is 1680. The normalized spacial score (nSPS) is 14.0. The van der Waals surface area contributed by atoms with Crippen LogP contribution in [0.25, 0.3) is 10.9 Å². The molecular formula is C33H42Cl2N4O5S. The molecule has 5 rings (SSSR count). The van der Waals surface area contributed by atoms with E-state index >= 15 is 0 Å². The molecule has 1 aliphatic rings. The van der Waals surface area contributed by atoms with Crippen molar-refractivity contribution in [2.45, 2.75) is 38.4 Å². The first-order chi connectivity index (χ1) is 20.8. The van der Waals surface area contributed by atoms with Crippen LogP contribution >= 0.6 is 24.8 Å². The topological polar surface area (TPSA) is 94.0 Å². The lowest BCUT2D eigenvalue weighted by Crippen LogP contribution is -2.38. The molecule has 4 aromatic rings. The largest absolute Gasteiger partial charge is 0.494 e. The van der Waals surface area contributed by atoms with Crippen LogP contribution in [0.2, 0.25) is 0 Å². The zero-order valence-electron chi connectivity index (χ0n) is 25.7. The summed E-state index contributed by atoms with van der Waals surface area (Å²) >= 11 is 0. The van der Waals surface area contributed by atoms with Gasteiger partial charge in [0.25, 0.3) is 5.56 Å². The third-order valence-electron chi connectivity index (χ3n) is 7.97. The van der Waals surface area contributed by atoms with Crippen LogP contribution in [0.15, 0.2) is 83.9 Å². The van der Waals surface area contributed by atoms with Gasteiger partial charge >= 0.3 is 0 Å². The van der Waals surface area contributed by atoms with Crippen LogP contribution in [-0.2, 0) is 34.8 Å². The highest BCUT2D eigenvalue weighted by Gasteiger charge is 2.22. The molecule has 244 valence electrons. The number of para-hydroxylation sites is 1. The Kier molecular flexibility index (Phi) is 13.7. The maximum absolute atomic E-state index is 12.9. The van der Waals surface area contributed by atoms with Crippen LogP contribution in [0.3, 0.4) is 0 Å². The van der Waals surface area contributed by atoms with Crippen molar-refractivity contribution in [3.8, 4) is 5.75 Å². The summed E-state index contributed by atoms with van der Waals surface area (Å²) in [6.45, 7) is 4.04. The highest BCUT2D eigenvalue weighted by Crippen LogP contribution is 2.25. The Labute approximate surface area is 278 Å². The Morgan fingerprint density at radius 1 is 1.00 bits per heavy atom. The summed E-state index contributed by atoms with van der Waals surface area (Å²) in [5, 5.41) is 0.910. The minimum absolute atomic E-state index is 0. The van der Waals surface area contributed by atoms with Gasteiger partial charge in [-0.05, 0) is 66.8 Å². The minimum Gasteiger partial charge on any atom is -0.494 e. The van der Waals surface area contributed by atoms with Crippen molar-refractivity contribution in [1.82, 2.24) is 14.5 Å². The molecule has 0 aliphatic carbocycles. The molecule has 3 heterocycles. The van der Waals surface area contributed by atoms with Crippen molar-refractivity contribution in [2.24, 2.45) is 7.05 Å². The maximum Gasteiger partial charge on any atom is 0.250 e. The second-order valence-electron chi connectivity index (χ2n) is 11.1. The van der Waals surface area contributed by atoms with E-state index in [1.807, 2.05) is 60.8 Å². The predicted octanol–water partition coefficient (Wildman–Crippen LogP) is 5.24. The molecule has 45 heavy (non-hydrogen) atoms. The number of aromatic nitrogens is 2. The summed E-state index contributed by atoms with van der Waals surface area (Å²) in [6, 6.07) is 20.6. The lowest BCUT2D eigenvalue weighted by molar-refractivity contribution is -0.00228. The zero-order chi connectivity index (χ0) is 30.2. The van der Waals surface area contributed by atoms with Crippen LogP contribution < -0.4 is 14.6 Å². The molecular weight excluding hydrogens is 635 g/mol. The summed E-state index contributed by atoms with van der Waals surface area (Å²) in [4.78, 5) is 18.5. The number of hydrogen-bond acceptors (Lipinski definition) is 7. The number of fused-ring (bicyclic) bond motifs is 1. The number of rotatable bonds is 13. The van der Waals surface area contributed by atoms with Crippen molar-refractivity contribution in [1.29, 1.82) is 0 Å². The standard InChI is InChI=1S/C33H40N4O5S.2ClH/c1-35-31-12-11-30(23-28(31)10-13-33(35)38)41-22-6-18-37(43(2,39)40)32-9-4-3-8-27(32)14-19-36-20-15-29(16-21-36)42-25-26-7-5-17-34-24-26;;/h3-5,7-13,17,23-24,29H,6,14-16,18-22,25H2,1-2H3;2*1H. The van der Waals surface area contributed by atoms with Gasteiger partial charge in [-0.1, -0.05) is 24.3 Å². The van der Waals surface area contributed by atoms with Gasteiger partial charge in [0.2, 0.25) is 10.0 Å². The first kappa shape index (κ1) is 36.3. The third kappa shape index (κ3) is 9.92. The lowest BCUT2D eigenvalue weighted by Gasteiger charge is -2.32. The molecule has 12 heteroatoms. The number of halogens is 2. The van der Waals surface area contributed by atoms with E-state index in [0.29, 0.717) is 31.9 Å². The highest BCUT2D eigenvalue weighted by atomic mass is 35.5. The van der Waals surface area contributed by atoms with E-state index < -0.39 is 10.0 Å². The fraction of sp³-hybridized carbons (Fsp3) is 0.394. The van der Waals surface area contributed by atoms with Crippen LogP contribution in [0, 0.1) is 0 Å². The first-order valence-electron chi connectivity index (χ1n) is 14.8. The summed E-state index contributed by atoms with van der Waals surface area (Å²) in [7, 11) is -1.75. The van der Waals surface area contributed by atoms with Gasteiger partial charge in [-0.2, -0.15) is 0 Å². The van der Waals surface area contributed by atoms with Gasteiger partial charge in [0.05, 0.1) is 36.8 Å². The number of benzene rings is 2. The first-order valence-corrected chi connectivity index (χ1v) is 16.6. The molecule has 0 saturated carbocycles. The van der Waals surface area contributed by atoms with E-state index in [9.17, 15) is 13.2 Å². The molecule has 2 aromatic heterocycles. The number of ether oxygens (including phenoxy) is 2. The van der Waals surface area contributed by atoms with Gasteiger partial charge < -0.3 is 18.9 Å². The molecule has 0 atom stereocenters. The number of aryl methyl sites for hydroxylation is 1. The third-order valence-corrected chi connectivity index (χ3v) is 9.15. The van der Waals surface area contributed by atoms with Crippen molar-refractivity contribution < 1.29 is 17.9 Å². The van der Waals surface area contributed by atoms with Crippen molar-refractivity contribution >= 4 is 51.4 Å². The van der Waals surface area contributed by atoms with E-state index in [1.165, 1.54) is 16.6 Å². The molecule has 0 unspecified atom stereocenters. The number of sulfonamides is 1. The predicted molar refractivity (Wildman–Crippen MR) is 185 cm³/mol. The second kappa shape index (κ2) is 17.0. The van der Waals surface area contributed by atoms with Gasteiger partial charge in [-0.3, -0.25) is 14.1 Å². The number of pyridine rings is 2. The van der Waals surface area contributed by atoms with Gasteiger partial charge in [0.15, 0.2) is 0 Å². The molecule has 1 aliphatic heterocycles. The van der Waals surface area contributed by atoms with E-state index in [4.69, 9.17) is 9.47 Å². The molecule has 2 aromatic carbocycles. The van der Waals surface area contributed by atoms with Crippen LogP contribution in [0.4, 0.5) is 5.69 Å². The summed E-state index contributed by atoms with van der Waals surface area (Å²) in [5.41, 5.74) is 3.61. The van der Waals surface area contributed by atoms with Crippen LogP contribution in [0.1, 0.15) is 30.4 Å². The van der Waals surface area contributed by atoms with Gasteiger partial charge in [0.1, 0.15) is 5.75 Å². The average Bonchev–Trinajstić information content (AvgIpc) is 3.01. The van der Waals surface area contributed by atoms with Crippen molar-refractivity contribution in [3.63, 3.8) is 0 Å². The molecule has 1 saturated heterocycles. The number of piperidine rings is 1. The van der Waals surface area contributed by atoms with Crippen LogP contribution in [-0.4, -0.2) is 68.0 Å². The molecule has 0 radical (unpaired) electrons. The van der Waals surface area contributed by atoms with E-state index in [2.05, 4.69) is 9.88 Å². The van der Waals surface area contributed by atoms with Gasteiger partial charge in [-0.25, -0.2) is 8.42 Å². The quantitative estimate of drug-likeness (QED) is 0.179. The van der Waals surface area contributed by atoms with Crippen LogP contribution in [0.5, 0.6) is 5.75 Å². The Morgan fingerprint density at radius 3 is 2.51 bits per heavy atom. The highest BCUT2D eigenvalue weighted by molar-refractivity contribution is 7.92. The fourth-order valence-corrected chi connectivity index (χ4v) is 6.55. The minimum atomic E-state index is -3.49. The zero-order valence-corrected chi connectivity index (χ0v) is 28.2. The number of hydrogen-bond donors (Lipinski definition) is 0. The summed E-state index contributed by atoms with van der Waals surface area (Å²) in [6.07, 6.45) is 8.36. The number of anilines is 1. The summed E-state index contributed by atoms with van der Waals surface area (Å²) in [5.74, 6) is 0.684. The molecule has 0 N–H and O–H groups in total. The number of nitrogens with zero attached hydrogens (tertiary/aromatic N) is 4. The average molecular weight is 678 g/mol. The SMILES string of the molecule is Cl.Cl.Cn1c(=O)ccc2cc(OCCCN(c3ccccc3CCN3CCC(OCc4cccnc4)CC3)S(C)(=O)=O)ccc21. The maximum atomic E-state index is 12.9. The molecule has 1 fully saturated rings. The monoisotopic (exact) mass is 676 g/mol. The van der Waals surface area contributed by atoms with E-state index in [1.54, 1.807) is 23.9 Å². The fourth-order valence-electron chi connectivity index (χ4n) is 5.56. The molecule has 0 spiro atoms. The second-order valence-corrected chi connectivity index (χ2v) is 13.0. The molecule has 0 amide bonds. The summed E-state index contributed by atoms with van der Waals surface area (Å²) < 4.78 is 40.9. The lowest BCUT2D eigenvalue weighted by atomic mass is 10.1. The van der Waals surface area contributed by atoms with E-state index in [-0.39, 0.29) is 36.5 Å². The van der Waals surface area contributed by atoms with Gasteiger partial charge in [0, 0.05) is 63.5 Å². The Balaban J connectivity index is 0.00000276. The van der Waals surface area contributed by atoms with E-state index in [0.717, 1.165) is 66.6 Å². The Hall–Kier alpha value is -3.15. The molecule has 9 nitrogen and oxygen atoms in total. The Morgan fingerprint density at radius 2 is 1.78 bits per heavy atom. The molecule has 0 bridgehead atoms. The number of likely N-dealkylation sites (tertiary alicyclic amines) is 1.